The molecule has 0 aliphatic carbocycles. The predicted octanol–water partition coefficient (Wildman–Crippen LogP) is 5.90. The Morgan fingerprint density at radius 1 is 1.13 bits per heavy atom. The molecular formula is C31H39FO7. The maximum absolute atomic E-state index is 15.8. The van der Waals surface area contributed by atoms with Crippen molar-refractivity contribution in [3.8, 4) is 0 Å². The third-order valence-corrected chi connectivity index (χ3v) is 6.96. The van der Waals surface area contributed by atoms with Crippen LogP contribution in [-0.4, -0.2) is 58.5 Å². The molecule has 7 nitrogen and oxygen atoms in total. The van der Waals surface area contributed by atoms with Crippen molar-refractivity contribution in [2.75, 3.05) is 0 Å². The Hall–Kier alpha value is -3.07. The van der Waals surface area contributed by atoms with Crippen molar-refractivity contribution in [1.29, 1.82) is 0 Å². The van der Waals surface area contributed by atoms with Crippen molar-refractivity contribution in [3.63, 3.8) is 0 Å². The minimum Gasteiger partial charge on any atom is -0.478 e. The molecule has 2 N–H and O–H groups in total. The van der Waals surface area contributed by atoms with Crippen LogP contribution in [0.4, 0.5) is 4.39 Å². The van der Waals surface area contributed by atoms with Gasteiger partial charge in [-0.2, -0.15) is 0 Å². The Labute approximate surface area is 229 Å². The van der Waals surface area contributed by atoms with Crippen molar-refractivity contribution in [2.45, 2.75) is 90.8 Å². The maximum Gasteiger partial charge on any atom is 0.338 e. The molecule has 3 rings (SSSR count). The lowest BCUT2D eigenvalue weighted by atomic mass is 9.92. The number of benzene rings is 2. The van der Waals surface area contributed by atoms with Crippen molar-refractivity contribution in [1.82, 2.24) is 0 Å². The first-order valence-corrected chi connectivity index (χ1v) is 13.2. The van der Waals surface area contributed by atoms with Gasteiger partial charge in [0.15, 0.2) is 11.9 Å². The molecule has 2 unspecified atom stereocenters. The highest BCUT2D eigenvalue weighted by Gasteiger charge is 2.49. The molecule has 1 saturated heterocycles. The molecule has 0 saturated carbocycles. The van der Waals surface area contributed by atoms with E-state index in [1.807, 2.05) is 13.0 Å². The second-order valence-electron chi connectivity index (χ2n) is 10.8. The largest absolute Gasteiger partial charge is 0.478 e. The number of carboxylic acids is 1. The van der Waals surface area contributed by atoms with Crippen LogP contribution < -0.4 is 0 Å². The van der Waals surface area contributed by atoms with Crippen LogP contribution in [0, 0.1) is 19.8 Å². The van der Waals surface area contributed by atoms with Crippen LogP contribution >= 0.6 is 0 Å². The number of ether oxygens (including phenoxy) is 3. The highest BCUT2D eigenvalue weighted by Crippen LogP contribution is 2.36. The van der Waals surface area contributed by atoms with Crippen LogP contribution in [0.3, 0.4) is 0 Å². The molecule has 1 heterocycles. The molecule has 0 aromatic heterocycles. The number of hydrogen-bond acceptors (Lipinski definition) is 6. The number of aliphatic hydroxyl groups is 1. The van der Waals surface area contributed by atoms with E-state index in [9.17, 15) is 19.8 Å². The SMILES string of the molecule is Cc1cc(C)c(C(=O)O)c(/C=C/C[C@@H]2OC(C)(C)O[C@@H]2C(OC(=O)c2ccccc2)C(F)C[C@H](C)[C@H](C)O)c1. The molecule has 0 radical (unpaired) electrons. The maximum atomic E-state index is 15.8. The Bertz CT molecular complexity index is 1170. The standard InChI is InChI=1S/C31H39FO7/c1-18-15-20(3)26(29(34)35)23(16-18)13-10-14-25-28(39-31(5,6)38-25)27(24(32)17-19(2)21(4)33)37-30(36)22-11-8-7-9-12-22/h7-13,15-16,19,21,24-25,27-28,33H,14,17H2,1-6H3,(H,34,35)/b13-10+/t19-,21-,24?,25-,27?,28-/m0/s1. The van der Waals surface area contributed by atoms with Gasteiger partial charge in [0.05, 0.1) is 23.3 Å². The van der Waals surface area contributed by atoms with Gasteiger partial charge in [-0.3, -0.25) is 0 Å². The van der Waals surface area contributed by atoms with Crippen LogP contribution in [0.25, 0.3) is 6.08 Å². The van der Waals surface area contributed by atoms with Gasteiger partial charge in [0, 0.05) is 0 Å². The molecule has 2 aromatic rings. The molecule has 1 aliphatic heterocycles. The van der Waals surface area contributed by atoms with Gasteiger partial charge >= 0.3 is 11.9 Å². The molecule has 0 bridgehead atoms. The second-order valence-corrected chi connectivity index (χ2v) is 10.8. The minimum atomic E-state index is -1.63. The zero-order chi connectivity index (χ0) is 28.9. The number of rotatable bonds is 11. The number of alkyl halides is 1. The zero-order valence-corrected chi connectivity index (χ0v) is 23.4. The number of halogens is 1. The molecule has 2 aromatic carbocycles. The predicted molar refractivity (Wildman–Crippen MR) is 146 cm³/mol. The van der Waals surface area contributed by atoms with Crippen LogP contribution in [-0.2, 0) is 14.2 Å². The molecule has 212 valence electrons. The summed E-state index contributed by atoms with van der Waals surface area (Å²) in [5, 5.41) is 19.7. The summed E-state index contributed by atoms with van der Waals surface area (Å²) in [6, 6.07) is 11.9. The highest BCUT2D eigenvalue weighted by atomic mass is 19.1. The molecule has 0 amide bonds. The third kappa shape index (κ3) is 7.97. The van der Waals surface area contributed by atoms with E-state index < -0.39 is 48.3 Å². The molecule has 8 heteroatoms. The zero-order valence-electron chi connectivity index (χ0n) is 23.4. The van der Waals surface area contributed by atoms with Crippen molar-refractivity contribution in [2.24, 2.45) is 5.92 Å². The van der Waals surface area contributed by atoms with Crippen molar-refractivity contribution in [3.05, 3.63) is 76.4 Å². The van der Waals surface area contributed by atoms with Gasteiger partial charge in [-0.05, 0) is 76.6 Å². The molecule has 39 heavy (non-hydrogen) atoms. The molecule has 0 spiro atoms. The quantitative estimate of drug-likeness (QED) is 0.341. The van der Waals surface area contributed by atoms with Crippen molar-refractivity contribution >= 4 is 18.0 Å². The van der Waals surface area contributed by atoms with E-state index in [0.717, 1.165) is 5.56 Å². The fraction of sp³-hybridized carbons (Fsp3) is 0.484. The van der Waals surface area contributed by atoms with E-state index in [-0.39, 0.29) is 29.9 Å². The fourth-order valence-electron chi connectivity index (χ4n) is 4.88. The summed E-state index contributed by atoms with van der Waals surface area (Å²) in [5.74, 6) is -3.16. The van der Waals surface area contributed by atoms with E-state index in [2.05, 4.69) is 0 Å². The third-order valence-electron chi connectivity index (χ3n) is 6.96. The summed E-state index contributed by atoms with van der Waals surface area (Å²) >= 11 is 0. The van der Waals surface area contributed by atoms with E-state index in [4.69, 9.17) is 14.2 Å². The first-order chi connectivity index (χ1) is 18.3. The highest BCUT2D eigenvalue weighted by molar-refractivity contribution is 5.94. The number of carbonyl (C=O) groups excluding carboxylic acids is 1. The lowest BCUT2D eigenvalue weighted by Crippen LogP contribution is -2.45. The summed E-state index contributed by atoms with van der Waals surface area (Å²) in [5.41, 5.74) is 2.63. The van der Waals surface area contributed by atoms with Crippen molar-refractivity contribution < 1.29 is 38.4 Å². The minimum absolute atomic E-state index is 0.0439. The first kappa shape index (κ1) is 30.5. The number of hydrogen-bond donors (Lipinski definition) is 2. The fourth-order valence-corrected chi connectivity index (χ4v) is 4.88. The van der Waals surface area contributed by atoms with E-state index in [0.29, 0.717) is 11.1 Å². The summed E-state index contributed by atoms with van der Waals surface area (Å²) in [6.45, 7) is 10.4. The number of aromatic carboxylic acids is 1. The van der Waals surface area contributed by atoms with Gasteiger partial charge < -0.3 is 24.4 Å². The van der Waals surface area contributed by atoms with Gasteiger partial charge in [-0.15, -0.1) is 0 Å². The van der Waals surface area contributed by atoms with Gasteiger partial charge in [0.1, 0.15) is 12.3 Å². The number of esters is 1. The number of carboxylic acid groups (broad SMARTS) is 1. The molecular weight excluding hydrogens is 503 g/mol. The van der Waals surface area contributed by atoms with Gasteiger partial charge in [0.2, 0.25) is 0 Å². The second kappa shape index (κ2) is 12.9. The molecule has 6 atom stereocenters. The summed E-state index contributed by atoms with van der Waals surface area (Å²) < 4.78 is 33.8. The number of carbonyl (C=O) groups is 2. The van der Waals surface area contributed by atoms with Gasteiger partial charge in [0.25, 0.3) is 0 Å². The number of aliphatic hydroxyl groups excluding tert-OH is 1. The average Bonchev–Trinajstić information content (AvgIpc) is 3.15. The summed E-state index contributed by atoms with van der Waals surface area (Å²) in [7, 11) is 0. The van der Waals surface area contributed by atoms with E-state index in [1.165, 1.54) is 0 Å². The van der Waals surface area contributed by atoms with Crippen LogP contribution in [0.2, 0.25) is 0 Å². The monoisotopic (exact) mass is 542 g/mol. The van der Waals surface area contributed by atoms with Crippen LogP contribution in [0.15, 0.2) is 48.5 Å². The normalized spacial score (nSPS) is 21.8. The number of aryl methyl sites for hydroxylation is 2. The molecule has 1 fully saturated rings. The summed E-state index contributed by atoms with van der Waals surface area (Å²) in [4.78, 5) is 24.8. The Morgan fingerprint density at radius 3 is 2.41 bits per heavy atom. The first-order valence-electron chi connectivity index (χ1n) is 13.2. The van der Waals surface area contributed by atoms with Crippen LogP contribution in [0.1, 0.15) is 77.9 Å². The smallest absolute Gasteiger partial charge is 0.338 e. The van der Waals surface area contributed by atoms with Crippen LogP contribution in [0.5, 0.6) is 0 Å². The van der Waals surface area contributed by atoms with Gasteiger partial charge in [-0.25, -0.2) is 14.0 Å². The Kier molecular flexibility index (Phi) is 10.0. The lowest BCUT2D eigenvalue weighted by molar-refractivity contribution is -0.160. The van der Waals surface area contributed by atoms with Gasteiger partial charge in [-0.1, -0.05) is 55.0 Å². The Morgan fingerprint density at radius 2 is 1.79 bits per heavy atom. The van der Waals surface area contributed by atoms with E-state index in [1.54, 1.807) is 83.2 Å². The average molecular weight is 543 g/mol. The van der Waals surface area contributed by atoms with E-state index >= 15 is 4.39 Å². The topological polar surface area (TPSA) is 102 Å². The lowest BCUT2D eigenvalue weighted by Gasteiger charge is -2.30. The molecule has 1 aliphatic rings. The summed E-state index contributed by atoms with van der Waals surface area (Å²) in [6.07, 6.45) is -1.59. The Balaban J connectivity index is 1.89.